The van der Waals surface area contributed by atoms with E-state index in [-0.39, 0.29) is 5.82 Å². The van der Waals surface area contributed by atoms with Gasteiger partial charge in [0.25, 0.3) is 0 Å². The van der Waals surface area contributed by atoms with Crippen molar-refractivity contribution in [3.8, 4) is 11.1 Å². The van der Waals surface area contributed by atoms with Crippen molar-refractivity contribution < 1.29 is 4.39 Å². The normalized spacial score (nSPS) is 10.3. The molecule has 1 aromatic carbocycles. The number of nitrogens with zero attached hydrogens (tertiary/aromatic N) is 1. The molecule has 0 amide bonds. The number of anilines is 1. The van der Waals surface area contributed by atoms with Crippen LogP contribution in [-0.4, -0.2) is 4.98 Å². The minimum Gasteiger partial charge on any atom is -0.397 e. The number of hydrogen-bond acceptors (Lipinski definition) is 2. The van der Waals surface area contributed by atoms with Crippen molar-refractivity contribution in [1.82, 2.24) is 4.98 Å². The summed E-state index contributed by atoms with van der Waals surface area (Å²) in [5.41, 5.74) is 9.02. The van der Waals surface area contributed by atoms with Crippen LogP contribution in [0.5, 0.6) is 0 Å². The number of benzene rings is 1. The van der Waals surface area contributed by atoms with Crippen LogP contribution in [0.15, 0.2) is 36.5 Å². The second-order valence-corrected chi connectivity index (χ2v) is 3.41. The van der Waals surface area contributed by atoms with Crippen LogP contribution in [-0.2, 0) is 0 Å². The molecule has 0 fully saturated rings. The summed E-state index contributed by atoms with van der Waals surface area (Å²) in [4.78, 5) is 4.16. The van der Waals surface area contributed by atoms with E-state index in [9.17, 15) is 4.39 Å². The highest BCUT2D eigenvalue weighted by molar-refractivity contribution is 5.66. The molecule has 2 N–H and O–H groups in total. The molecule has 0 aliphatic carbocycles. The van der Waals surface area contributed by atoms with Crippen molar-refractivity contribution in [3.05, 3.63) is 48.0 Å². The van der Waals surface area contributed by atoms with Gasteiger partial charge in [-0.2, -0.15) is 0 Å². The fourth-order valence-corrected chi connectivity index (χ4v) is 1.35. The average molecular weight is 202 g/mol. The van der Waals surface area contributed by atoms with Gasteiger partial charge >= 0.3 is 0 Å². The highest BCUT2D eigenvalue weighted by Gasteiger charge is 2.01. The van der Waals surface area contributed by atoms with E-state index in [1.807, 2.05) is 13.0 Å². The summed E-state index contributed by atoms with van der Waals surface area (Å²) in [6.45, 7) is 1.85. The van der Waals surface area contributed by atoms with Crippen molar-refractivity contribution in [2.45, 2.75) is 6.92 Å². The Hall–Kier alpha value is -1.90. The second-order valence-electron chi connectivity index (χ2n) is 3.41. The minimum absolute atomic E-state index is 0.244. The van der Waals surface area contributed by atoms with Crippen molar-refractivity contribution >= 4 is 5.69 Å². The first kappa shape index (κ1) is 9.65. The second kappa shape index (κ2) is 3.69. The van der Waals surface area contributed by atoms with Crippen LogP contribution in [0.3, 0.4) is 0 Å². The minimum atomic E-state index is -0.244. The molecule has 0 aliphatic rings. The molecule has 1 aromatic heterocycles. The maximum atomic E-state index is 12.7. The smallest absolute Gasteiger partial charge is 0.123 e. The quantitative estimate of drug-likeness (QED) is 0.772. The van der Waals surface area contributed by atoms with Crippen LogP contribution in [0.2, 0.25) is 0 Å². The number of rotatable bonds is 1. The third kappa shape index (κ3) is 1.96. The first-order valence-electron chi connectivity index (χ1n) is 4.65. The molecular formula is C12H11FN2. The van der Waals surface area contributed by atoms with E-state index in [1.54, 1.807) is 18.3 Å². The molecule has 15 heavy (non-hydrogen) atoms. The van der Waals surface area contributed by atoms with Crippen LogP contribution < -0.4 is 5.73 Å². The largest absolute Gasteiger partial charge is 0.397 e. The van der Waals surface area contributed by atoms with Gasteiger partial charge in [0.2, 0.25) is 0 Å². The topological polar surface area (TPSA) is 38.9 Å². The maximum Gasteiger partial charge on any atom is 0.123 e. The van der Waals surface area contributed by atoms with Crippen LogP contribution >= 0.6 is 0 Å². The van der Waals surface area contributed by atoms with Gasteiger partial charge in [0, 0.05) is 11.8 Å². The Balaban J connectivity index is 2.45. The fraction of sp³-hybridized carbons (Fsp3) is 0.0833. The summed E-state index contributed by atoms with van der Waals surface area (Å²) in [6, 6.07) is 8.11. The first-order valence-corrected chi connectivity index (χ1v) is 4.65. The van der Waals surface area contributed by atoms with Gasteiger partial charge in [-0.15, -0.1) is 0 Å². The lowest BCUT2D eigenvalue weighted by Gasteiger charge is -2.04. The molecule has 76 valence electrons. The molecule has 0 saturated carbocycles. The third-order valence-electron chi connectivity index (χ3n) is 2.30. The van der Waals surface area contributed by atoms with E-state index < -0.39 is 0 Å². The highest BCUT2D eigenvalue weighted by atomic mass is 19.1. The first-order chi connectivity index (χ1) is 7.16. The summed E-state index contributed by atoms with van der Waals surface area (Å²) < 4.78 is 12.7. The van der Waals surface area contributed by atoms with Gasteiger partial charge in [0.1, 0.15) is 5.82 Å². The Labute approximate surface area is 87.6 Å². The van der Waals surface area contributed by atoms with Crippen molar-refractivity contribution in [2.24, 2.45) is 0 Å². The number of pyridine rings is 1. The lowest BCUT2D eigenvalue weighted by atomic mass is 10.1. The van der Waals surface area contributed by atoms with Gasteiger partial charge < -0.3 is 5.73 Å². The Kier molecular flexibility index (Phi) is 2.37. The van der Waals surface area contributed by atoms with Gasteiger partial charge in [-0.25, -0.2) is 4.39 Å². The highest BCUT2D eigenvalue weighted by Crippen LogP contribution is 2.21. The predicted octanol–water partition coefficient (Wildman–Crippen LogP) is 2.78. The van der Waals surface area contributed by atoms with Gasteiger partial charge in [-0.1, -0.05) is 12.1 Å². The monoisotopic (exact) mass is 202 g/mol. The summed E-state index contributed by atoms with van der Waals surface area (Å²) in [5, 5.41) is 0. The SMILES string of the molecule is Cc1ncc(-c2ccc(F)cc2)cc1N. The van der Waals surface area contributed by atoms with E-state index in [0.717, 1.165) is 16.8 Å². The Morgan fingerprint density at radius 3 is 2.40 bits per heavy atom. The number of nitrogen functional groups attached to an aromatic ring is 1. The van der Waals surface area contributed by atoms with Gasteiger partial charge in [-0.3, -0.25) is 4.98 Å². The molecule has 2 rings (SSSR count). The summed E-state index contributed by atoms with van der Waals surface area (Å²) in [7, 11) is 0. The Morgan fingerprint density at radius 2 is 1.80 bits per heavy atom. The number of hydrogen-bond donors (Lipinski definition) is 1. The molecule has 0 unspecified atom stereocenters. The number of aromatic nitrogens is 1. The maximum absolute atomic E-state index is 12.7. The molecule has 0 aliphatic heterocycles. The number of nitrogens with two attached hydrogens (primary N) is 1. The lowest BCUT2D eigenvalue weighted by Crippen LogP contribution is -1.93. The van der Waals surface area contributed by atoms with E-state index in [0.29, 0.717) is 5.69 Å². The summed E-state index contributed by atoms with van der Waals surface area (Å²) >= 11 is 0. The standard InChI is InChI=1S/C12H11FN2/c1-8-12(14)6-10(7-15-8)9-2-4-11(13)5-3-9/h2-7H,14H2,1H3. The number of aryl methyl sites for hydroxylation is 1. The van der Waals surface area contributed by atoms with Crippen LogP contribution in [0.4, 0.5) is 10.1 Å². The summed E-state index contributed by atoms with van der Waals surface area (Å²) in [5.74, 6) is -0.244. The van der Waals surface area contributed by atoms with E-state index in [1.165, 1.54) is 12.1 Å². The van der Waals surface area contributed by atoms with Gasteiger partial charge in [-0.05, 0) is 30.7 Å². The Morgan fingerprint density at radius 1 is 1.13 bits per heavy atom. The zero-order valence-electron chi connectivity index (χ0n) is 8.37. The molecule has 2 aromatic rings. The molecule has 2 nitrogen and oxygen atoms in total. The predicted molar refractivity (Wildman–Crippen MR) is 58.8 cm³/mol. The van der Waals surface area contributed by atoms with E-state index in [2.05, 4.69) is 4.98 Å². The molecule has 1 heterocycles. The fourth-order valence-electron chi connectivity index (χ4n) is 1.35. The van der Waals surface area contributed by atoms with Crippen molar-refractivity contribution in [1.29, 1.82) is 0 Å². The molecule has 0 spiro atoms. The van der Waals surface area contributed by atoms with E-state index >= 15 is 0 Å². The molecule has 0 bridgehead atoms. The number of halogens is 1. The van der Waals surface area contributed by atoms with E-state index in [4.69, 9.17) is 5.73 Å². The van der Waals surface area contributed by atoms with Gasteiger partial charge in [0.15, 0.2) is 0 Å². The molecule has 0 saturated heterocycles. The molecule has 0 atom stereocenters. The molecule has 3 heteroatoms. The lowest BCUT2D eigenvalue weighted by molar-refractivity contribution is 0.628. The zero-order chi connectivity index (χ0) is 10.8. The average Bonchev–Trinajstić information content (AvgIpc) is 2.23. The molecular weight excluding hydrogens is 191 g/mol. The summed E-state index contributed by atoms with van der Waals surface area (Å²) in [6.07, 6.45) is 1.74. The Bertz CT molecular complexity index is 477. The van der Waals surface area contributed by atoms with Crippen LogP contribution in [0.1, 0.15) is 5.69 Å². The van der Waals surface area contributed by atoms with Crippen LogP contribution in [0.25, 0.3) is 11.1 Å². The third-order valence-corrected chi connectivity index (χ3v) is 2.30. The van der Waals surface area contributed by atoms with Crippen LogP contribution in [0, 0.1) is 12.7 Å². The zero-order valence-corrected chi connectivity index (χ0v) is 8.37. The van der Waals surface area contributed by atoms with Crippen molar-refractivity contribution in [3.63, 3.8) is 0 Å². The van der Waals surface area contributed by atoms with Crippen molar-refractivity contribution in [2.75, 3.05) is 5.73 Å². The van der Waals surface area contributed by atoms with Gasteiger partial charge in [0.05, 0.1) is 11.4 Å². The molecule has 0 radical (unpaired) electrons.